The Morgan fingerprint density at radius 2 is 1.81 bits per heavy atom. The maximum Gasteiger partial charge on any atom is 0.269 e. The van der Waals surface area contributed by atoms with Gasteiger partial charge < -0.3 is 5.32 Å². The van der Waals surface area contributed by atoms with Crippen molar-refractivity contribution in [1.82, 2.24) is 24.6 Å². The van der Waals surface area contributed by atoms with Gasteiger partial charge in [0.05, 0.1) is 30.6 Å². The monoisotopic (exact) mass is 432 g/mol. The van der Waals surface area contributed by atoms with E-state index in [2.05, 4.69) is 15.4 Å². The van der Waals surface area contributed by atoms with Gasteiger partial charge in [-0.05, 0) is 11.1 Å². The molecular formula is C22H20N6O4. The largest absolute Gasteiger partial charge is 0.354 e. The van der Waals surface area contributed by atoms with Crippen LogP contribution < -0.4 is 10.9 Å². The zero-order chi connectivity index (χ0) is 22.5. The van der Waals surface area contributed by atoms with Gasteiger partial charge in [-0.15, -0.1) is 0 Å². The van der Waals surface area contributed by atoms with E-state index in [1.54, 1.807) is 16.8 Å². The van der Waals surface area contributed by atoms with Crippen LogP contribution in [0.25, 0.3) is 11.0 Å². The lowest BCUT2D eigenvalue weighted by molar-refractivity contribution is -0.384. The number of hydrogen-bond donors (Lipinski definition) is 1. The fourth-order valence-corrected chi connectivity index (χ4v) is 3.34. The molecule has 32 heavy (non-hydrogen) atoms. The third-order valence-electron chi connectivity index (χ3n) is 4.98. The molecule has 0 saturated carbocycles. The number of carbonyl (C=O) groups is 1. The standard InChI is InChI=1S/C22H20N6O4/c29-20(12-16-4-2-1-3-5-16)23-10-11-27-21-19(13-25-27)22(30)26(15-24-21)14-17-6-8-18(9-7-17)28(31)32/h1-9,13,15H,10-12,14H2,(H,23,29). The zero-order valence-electron chi connectivity index (χ0n) is 17.0. The average molecular weight is 432 g/mol. The molecule has 0 radical (unpaired) electrons. The lowest BCUT2D eigenvalue weighted by atomic mass is 10.1. The quantitative estimate of drug-likeness (QED) is 0.335. The van der Waals surface area contributed by atoms with Gasteiger partial charge in [0.2, 0.25) is 5.91 Å². The second-order valence-electron chi connectivity index (χ2n) is 7.22. The van der Waals surface area contributed by atoms with Crippen LogP contribution in [0.5, 0.6) is 0 Å². The summed E-state index contributed by atoms with van der Waals surface area (Å²) in [5.74, 6) is -0.0916. The van der Waals surface area contributed by atoms with Gasteiger partial charge in [0, 0.05) is 18.7 Å². The van der Waals surface area contributed by atoms with E-state index in [1.165, 1.54) is 29.2 Å². The molecule has 0 aliphatic heterocycles. The van der Waals surface area contributed by atoms with Gasteiger partial charge in [-0.3, -0.25) is 24.3 Å². The minimum atomic E-state index is -0.470. The van der Waals surface area contributed by atoms with Crippen LogP contribution in [0.2, 0.25) is 0 Å². The van der Waals surface area contributed by atoms with Gasteiger partial charge >= 0.3 is 0 Å². The number of fused-ring (bicyclic) bond motifs is 1. The maximum atomic E-state index is 12.8. The van der Waals surface area contributed by atoms with Crippen molar-refractivity contribution >= 4 is 22.6 Å². The summed E-state index contributed by atoms with van der Waals surface area (Å²) in [6.45, 7) is 0.972. The molecule has 0 aliphatic rings. The molecule has 2 aromatic heterocycles. The second kappa shape index (κ2) is 9.21. The van der Waals surface area contributed by atoms with Crippen molar-refractivity contribution in [2.24, 2.45) is 0 Å². The minimum Gasteiger partial charge on any atom is -0.354 e. The fourth-order valence-electron chi connectivity index (χ4n) is 3.34. The molecule has 0 aliphatic carbocycles. The van der Waals surface area contributed by atoms with Gasteiger partial charge in [-0.25, -0.2) is 9.67 Å². The fraction of sp³-hybridized carbons (Fsp3) is 0.182. The molecule has 2 aromatic carbocycles. The molecule has 4 aromatic rings. The highest BCUT2D eigenvalue weighted by Gasteiger charge is 2.12. The third-order valence-corrected chi connectivity index (χ3v) is 4.98. The Morgan fingerprint density at radius 3 is 2.53 bits per heavy atom. The highest BCUT2D eigenvalue weighted by atomic mass is 16.6. The molecule has 10 heteroatoms. The van der Waals surface area contributed by atoms with Crippen LogP contribution in [-0.2, 0) is 24.3 Å². The van der Waals surface area contributed by atoms with Crippen molar-refractivity contribution < 1.29 is 9.72 Å². The van der Waals surface area contributed by atoms with Gasteiger partial charge in [0.15, 0.2) is 5.65 Å². The first-order chi connectivity index (χ1) is 15.5. The molecule has 0 atom stereocenters. The number of nitro groups is 1. The number of nitrogens with zero attached hydrogens (tertiary/aromatic N) is 5. The summed E-state index contributed by atoms with van der Waals surface area (Å²) in [6.07, 6.45) is 3.19. The van der Waals surface area contributed by atoms with Gasteiger partial charge in [-0.1, -0.05) is 42.5 Å². The number of non-ortho nitro benzene ring substituents is 1. The topological polar surface area (TPSA) is 125 Å². The first kappa shape index (κ1) is 20.9. The molecule has 0 bridgehead atoms. The van der Waals surface area contributed by atoms with Gasteiger partial charge in [0.25, 0.3) is 11.2 Å². The molecule has 0 fully saturated rings. The molecule has 162 valence electrons. The van der Waals surface area contributed by atoms with Crippen molar-refractivity contribution in [2.45, 2.75) is 19.5 Å². The van der Waals surface area contributed by atoms with E-state index in [0.717, 1.165) is 11.1 Å². The molecule has 1 N–H and O–H groups in total. The van der Waals surface area contributed by atoms with Crippen LogP contribution in [-0.4, -0.2) is 36.7 Å². The van der Waals surface area contributed by atoms with Crippen molar-refractivity contribution in [3.63, 3.8) is 0 Å². The Kier molecular flexibility index (Phi) is 6.02. The van der Waals surface area contributed by atoms with Crippen LogP contribution in [0.3, 0.4) is 0 Å². The lowest BCUT2D eigenvalue weighted by Gasteiger charge is -2.08. The number of aromatic nitrogens is 4. The minimum absolute atomic E-state index is 0.00758. The highest BCUT2D eigenvalue weighted by Crippen LogP contribution is 2.13. The van der Waals surface area contributed by atoms with Crippen LogP contribution in [0, 0.1) is 10.1 Å². The first-order valence-electron chi connectivity index (χ1n) is 9.96. The second-order valence-corrected chi connectivity index (χ2v) is 7.22. The third kappa shape index (κ3) is 4.69. The van der Waals surface area contributed by atoms with Crippen molar-refractivity contribution in [2.75, 3.05) is 6.54 Å². The van der Waals surface area contributed by atoms with E-state index in [-0.39, 0.29) is 23.7 Å². The first-order valence-corrected chi connectivity index (χ1v) is 9.96. The number of nitro benzene ring substituents is 1. The Bertz CT molecular complexity index is 1310. The Morgan fingerprint density at radius 1 is 1.06 bits per heavy atom. The van der Waals surface area contributed by atoms with Crippen LogP contribution >= 0.6 is 0 Å². The smallest absolute Gasteiger partial charge is 0.269 e. The average Bonchev–Trinajstić information content (AvgIpc) is 3.20. The highest BCUT2D eigenvalue weighted by molar-refractivity contribution is 5.78. The van der Waals surface area contributed by atoms with Gasteiger partial charge in [0.1, 0.15) is 11.7 Å². The number of amides is 1. The number of hydrogen-bond acceptors (Lipinski definition) is 6. The Balaban J connectivity index is 1.40. The number of carbonyl (C=O) groups excluding carboxylic acids is 1. The van der Waals surface area contributed by atoms with E-state index in [9.17, 15) is 19.7 Å². The van der Waals surface area contributed by atoms with Crippen molar-refractivity contribution in [3.05, 3.63) is 98.7 Å². The molecule has 1 amide bonds. The molecule has 4 rings (SSSR count). The van der Waals surface area contributed by atoms with E-state index < -0.39 is 4.92 Å². The van der Waals surface area contributed by atoms with E-state index in [0.29, 0.717) is 30.5 Å². The summed E-state index contributed by atoms with van der Waals surface area (Å²) >= 11 is 0. The van der Waals surface area contributed by atoms with Gasteiger partial charge in [-0.2, -0.15) is 5.10 Å². The molecule has 0 saturated heterocycles. The summed E-state index contributed by atoms with van der Waals surface area (Å²) in [4.78, 5) is 39.5. The van der Waals surface area contributed by atoms with E-state index in [1.807, 2.05) is 30.3 Å². The number of rotatable bonds is 8. The Labute approximate surface area is 182 Å². The zero-order valence-corrected chi connectivity index (χ0v) is 17.0. The molecule has 2 heterocycles. The molecular weight excluding hydrogens is 412 g/mol. The number of benzene rings is 2. The summed E-state index contributed by atoms with van der Waals surface area (Å²) in [7, 11) is 0. The van der Waals surface area contributed by atoms with Crippen molar-refractivity contribution in [3.8, 4) is 0 Å². The number of nitrogens with one attached hydrogen (secondary N) is 1. The maximum absolute atomic E-state index is 12.8. The summed E-state index contributed by atoms with van der Waals surface area (Å²) < 4.78 is 3.01. The summed E-state index contributed by atoms with van der Waals surface area (Å²) in [6, 6.07) is 15.5. The van der Waals surface area contributed by atoms with E-state index in [4.69, 9.17) is 0 Å². The Hall–Kier alpha value is -4.34. The molecule has 0 unspecified atom stereocenters. The van der Waals surface area contributed by atoms with Crippen LogP contribution in [0.4, 0.5) is 5.69 Å². The summed E-state index contributed by atoms with van der Waals surface area (Å²) in [5, 5.41) is 18.2. The predicted octanol–water partition coefficient (Wildman–Crippen LogP) is 1.91. The van der Waals surface area contributed by atoms with Crippen molar-refractivity contribution in [1.29, 1.82) is 0 Å². The van der Waals surface area contributed by atoms with E-state index >= 15 is 0 Å². The lowest BCUT2D eigenvalue weighted by Crippen LogP contribution is -2.29. The summed E-state index contributed by atoms with van der Waals surface area (Å²) in [5.41, 5.74) is 1.85. The molecule has 10 nitrogen and oxygen atoms in total. The SMILES string of the molecule is O=C(Cc1ccccc1)NCCn1ncc2c(=O)n(Cc3ccc([N+](=O)[O-])cc3)cnc21. The predicted molar refractivity (Wildman–Crippen MR) is 117 cm³/mol. The normalized spacial score (nSPS) is 10.9. The molecule has 0 spiro atoms. The van der Waals surface area contributed by atoms with Crippen LogP contribution in [0.1, 0.15) is 11.1 Å². The van der Waals surface area contributed by atoms with Crippen LogP contribution in [0.15, 0.2) is 71.9 Å².